The molecule has 1 aliphatic heterocycles. The number of hydrogen-bond acceptors (Lipinski definition) is 5. The molecule has 1 saturated heterocycles. The maximum atomic E-state index is 12.2. The zero-order valence-corrected chi connectivity index (χ0v) is 10.9. The number of nitrogens with zero attached hydrogens (tertiary/aromatic N) is 2. The molecule has 2 atom stereocenters. The smallest absolute Gasteiger partial charge is 0.331 e. The first-order chi connectivity index (χ1) is 8.52. The Labute approximate surface area is 106 Å². The number of amides is 1. The zero-order chi connectivity index (χ0) is 13.7. The molecular formula is C12H18N2O4. The molecule has 0 aromatic rings. The van der Waals surface area contributed by atoms with E-state index < -0.39 is 17.9 Å². The van der Waals surface area contributed by atoms with Gasteiger partial charge in [-0.15, -0.1) is 0 Å². The summed E-state index contributed by atoms with van der Waals surface area (Å²) in [4.78, 5) is 25.2. The number of rotatable bonds is 3. The van der Waals surface area contributed by atoms with Crippen molar-refractivity contribution in [3.8, 4) is 6.07 Å². The van der Waals surface area contributed by atoms with Gasteiger partial charge in [0.25, 0.3) is 0 Å². The fraction of sp³-hybridized carbons (Fsp3) is 0.750. The van der Waals surface area contributed by atoms with Crippen molar-refractivity contribution in [3.63, 3.8) is 0 Å². The SMILES string of the molecule is COC(=O)C1COCCN1C(=O)C(C#N)C(C)C. The van der Waals surface area contributed by atoms with E-state index in [4.69, 9.17) is 10.00 Å². The molecule has 18 heavy (non-hydrogen) atoms. The Balaban J connectivity index is 2.87. The highest BCUT2D eigenvalue weighted by Crippen LogP contribution is 2.18. The zero-order valence-electron chi connectivity index (χ0n) is 10.9. The van der Waals surface area contributed by atoms with Crippen molar-refractivity contribution < 1.29 is 19.1 Å². The molecule has 0 aromatic heterocycles. The highest BCUT2D eigenvalue weighted by molar-refractivity contribution is 5.87. The van der Waals surface area contributed by atoms with Gasteiger partial charge >= 0.3 is 5.97 Å². The Bertz CT molecular complexity index is 362. The molecule has 6 heteroatoms. The molecule has 6 nitrogen and oxygen atoms in total. The Hall–Kier alpha value is -1.61. The minimum atomic E-state index is -0.745. The van der Waals surface area contributed by atoms with Gasteiger partial charge in [-0.3, -0.25) is 4.79 Å². The molecule has 100 valence electrons. The normalized spacial score (nSPS) is 21.3. The average Bonchev–Trinajstić information content (AvgIpc) is 2.38. The van der Waals surface area contributed by atoms with Gasteiger partial charge in [0.1, 0.15) is 5.92 Å². The van der Waals surface area contributed by atoms with Gasteiger partial charge in [0.05, 0.1) is 26.4 Å². The van der Waals surface area contributed by atoms with Crippen LogP contribution in [0.1, 0.15) is 13.8 Å². The van der Waals surface area contributed by atoms with Gasteiger partial charge < -0.3 is 14.4 Å². The molecule has 1 fully saturated rings. The summed E-state index contributed by atoms with van der Waals surface area (Å²) in [5.41, 5.74) is 0. The molecule has 0 N–H and O–H groups in total. The first kappa shape index (κ1) is 14.5. The van der Waals surface area contributed by atoms with Crippen LogP contribution >= 0.6 is 0 Å². The monoisotopic (exact) mass is 254 g/mol. The summed E-state index contributed by atoms with van der Waals surface area (Å²) < 4.78 is 9.83. The molecule has 0 spiro atoms. The summed E-state index contributed by atoms with van der Waals surface area (Å²) in [6.07, 6.45) is 0. The van der Waals surface area contributed by atoms with Crippen LogP contribution < -0.4 is 0 Å². The number of methoxy groups -OCH3 is 1. The van der Waals surface area contributed by atoms with Crippen LogP contribution in [-0.4, -0.2) is 49.7 Å². The molecule has 0 saturated carbocycles. The van der Waals surface area contributed by atoms with E-state index in [2.05, 4.69) is 4.74 Å². The lowest BCUT2D eigenvalue weighted by molar-refractivity contribution is -0.162. The second kappa shape index (κ2) is 6.36. The van der Waals surface area contributed by atoms with E-state index in [0.717, 1.165) is 0 Å². The molecule has 1 heterocycles. The maximum absolute atomic E-state index is 12.2. The summed E-state index contributed by atoms with van der Waals surface area (Å²) in [6, 6.07) is 1.25. The van der Waals surface area contributed by atoms with E-state index in [1.54, 1.807) is 13.8 Å². The Morgan fingerprint density at radius 1 is 1.50 bits per heavy atom. The van der Waals surface area contributed by atoms with E-state index in [-0.39, 0.29) is 18.4 Å². The van der Waals surface area contributed by atoms with Crippen LogP contribution in [0.2, 0.25) is 0 Å². The molecule has 1 amide bonds. The highest BCUT2D eigenvalue weighted by Gasteiger charge is 2.37. The standard InChI is InChI=1S/C12H18N2O4/c1-8(2)9(6-13)11(15)14-4-5-18-7-10(14)12(16)17-3/h8-10H,4-5,7H2,1-3H3. The average molecular weight is 254 g/mol. The summed E-state index contributed by atoms with van der Waals surface area (Å²) in [7, 11) is 1.27. The van der Waals surface area contributed by atoms with Gasteiger partial charge in [0, 0.05) is 6.54 Å². The molecule has 1 aliphatic rings. The van der Waals surface area contributed by atoms with Gasteiger partial charge in [0.2, 0.25) is 5.91 Å². The first-order valence-electron chi connectivity index (χ1n) is 5.88. The second-order valence-electron chi connectivity index (χ2n) is 4.50. The molecular weight excluding hydrogens is 236 g/mol. The molecule has 0 aromatic carbocycles. The Kier molecular flexibility index (Phi) is 5.10. The van der Waals surface area contributed by atoms with Crippen molar-refractivity contribution in [1.82, 2.24) is 4.90 Å². The number of carbonyl (C=O) groups excluding carboxylic acids is 2. The predicted molar refractivity (Wildman–Crippen MR) is 62.3 cm³/mol. The van der Waals surface area contributed by atoms with Crippen LogP contribution in [0.4, 0.5) is 0 Å². The predicted octanol–water partition coefficient (Wildman–Crippen LogP) is 0.183. The quantitative estimate of drug-likeness (QED) is 0.671. The molecule has 0 bridgehead atoms. The Morgan fingerprint density at radius 2 is 2.17 bits per heavy atom. The van der Waals surface area contributed by atoms with E-state index in [0.29, 0.717) is 13.2 Å². The maximum Gasteiger partial charge on any atom is 0.331 e. The summed E-state index contributed by atoms with van der Waals surface area (Å²) in [5, 5.41) is 9.03. The molecule has 1 rings (SSSR count). The van der Waals surface area contributed by atoms with Crippen LogP contribution in [0.5, 0.6) is 0 Å². The van der Waals surface area contributed by atoms with Crippen molar-refractivity contribution >= 4 is 11.9 Å². The third kappa shape index (κ3) is 2.99. The number of carbonyl (C=O) groups is 2. The lowest BCUT2D eigenvalue weighted by Crippen LogP contribution is -2.55. The van der Waals surface area contributed by atoms with Crippen LogP contribution in [0, 0.1) is 23.2 Å². The summed E-state index contributed by atoms with van der Waals surface area (Å²) in [5.74, 6) is -1.67. The molecule has 0 aliphatic carbocycles. The third-order valence-corrected chi connectivity index (χ3v) is 2.96. The van der Waals surface area contributed by atoms with E-state index in [9.17, 15) is 9.59 Å². The van der Waals surface area contributed by atoms with Gasteiger partial charge in [-0.05, 0) is 5.92 Å². The largest absolute Gasteiger partial charge is 0.467 e. The van der Waals surface area contributed by atoms with E-state index in [1.807, 2.05) is 6.07 Å². The highest BCUT2D eigenvalue weighted by atomic mass is 16.5. The van der Waals surface area contributed by atoms with Crippen LogP contribution in [0.25, 0.3) is 0 Å². The van der Waals surface area contributed by atoms with E-state index in [1.165, 1.54) is 12.0 Å². The lowest BCUT2D eigenvalue weighted by atomic mass is 9.95. The van der Waals surface area contributed by atoms with Crippen LogP contribution in [0.3, 0.4) is 0 Å². The van der Waals surface area contributed by atoms with Crippen molar-refractivity contribution in [2.75, 3.05) is 26.9 Å². The second-order valence-corrected chi connectivity index (χ2v) is 4.50. The van der Waals surface area contributed by atoms with Gasteiger partial charge in [-0.2, -0.15) is 5.26 Å². The number of nitriles is 1. The van der Waals surface area contributed by atoms with Crippen molar-refractivity contribution in [2.24, 2.45) is 11.8 Å². The van der Waals surface area contributed by atoms with Gasteiger partial charge in [-0.1, -0.05) is 13.8 Å². The summed E-state index contributed by atoms with van der Waals surface area (Å²) in [6.45, 7) is 4.41. The van der Waals surface area contributed by atoms with Gasteiger partial charge in [0.15, 0.2) is 6.04 Å². The van der Waals surface area contributed by atoms with Crippen molar-refractivity contribution in [3.05, 3.63) is 0 Å². The fourth-order valence-corrected chi connectivity index (χ4v) is 1.87. The van der Waals surface area contributed by atoms with Crippen molar-refractivity contribution in [2.45, 2.75) is 19.9 Å². The van der Waals surface area contributed by atoms with E-state index >= 15 is 0 Å². The first-order valence-corrected chi connectivity index (χ1v) is 5.88. The number of esters is 1. The number of ether oxygens (including phenoxy) is 2. The number of morpholine rings is 1. The number of hydrogen-bond donors (Lipinski definition) is 0. The third-order valence-electron chi connectivity index (χ3n) is 2.96. The van der Waals surface area contributed by atoms with Gasteiger partial charge in [-0.25, -0.2) is 4.79 Å². The van der Waals surface area contributed by atoms with Crippen LogP contribution in [-0.2, 0) is 19.1 Å². The molecule has 0 radical (unpaired) electrons. The Morgan fingerprint density at radius 3 is 2.67 bits per heavy atom. The lowest BCUT2D eigenvalue weighted by Gasteiger charge is -2.35. The van der Waals surface area contributed by atoms with Crippen LogP contribution in [0.15, 0.2) is 0 Å². The fourth-order valence-electron chi connectivity index (χ4n) is 1.87. The minimum Gasteiger partial charge on any atom is -0.467 e. The summed E-state index contributed by atoms with van der Waals surface area (Å²) >= 11 is 0. The van der Waals surface area contributed by atoms with Crippen molar-refractivity contribution in [1.29, 1.82) is 5.26 Å². The minimum absolute atomic E-state index is 0.0939. The molecule has 2 unspecified atom stereocenters. The topological polar surface area (TPSA) is 79.6 Å².